The highest BCUT2D eigenvalue weighted by Gasteiger charge is 2.15. The normalized spacial score (nSPS) is 11.8. The molecule has 0 heterocycles. The van der Waals surface area contributed by atoms with E-state index in [1.165, 1.54) is 17.7 Å². The first-order valence-electron chi connectivity index (χ1n) is 8.43. The topological polar surface area (TPSA) is 81.7 Å². The number of aryl methyl sites for hydroxylation is 1. The van der Waals surface area contributed by atoms with Gasteiger partial charge in [0.05, 0.1) is 11.6 Å². The van der Waals surface area contributed by atoms with Crippen LogP contribution in [0.25, 0.3) is 0 Å². The second-order valence-electron chi connectivity index (χ2n) is 6.46. The molecule has 3 N–H and O–H groups in total. The van der Waals surface area contributed by atoms with Crippen LogP contribution in [0.1, 0.15) is 33.1 Å². The summed E-state index contributed by atoms with van der Waals surface area (Å²) in [6.07, 6.45) is 0. The molecule has 0 aliphatic carbocycles. The van der Waals surface area contributed by atoms with Crippen LogP contribution >= 0.6 is 0 Å². The number of carbonyl (C=O) groups excluding carboxylic acids is 1. The molecular formula is C20H25N3O3. The molecule has 0 spiro atoms. The molecule has 2 amide bonds. The molecule has 26 heavy (non-hydrogen) atoms. The zero-order valence-corrected chi connectivity index (χ0v) is 15.3. The van der Waals surface area contributed by atoms with E-state index in [1.807, 2.05) is 21.0 Å². The Morgan fingerprint density at radius 1 is 1.00 bits per heavy atom. The third kappa shape index (κ3) is 5.60. The number of carboxylic acid groups (broad SMARTS) is 1. The molecule has 0 aliphatic heterocycles. The van der Waals surface area contributed by atoms with Gasteiger partial charge in [0.2, 0.25) is 0 Å². The highest BCUT2D eigenvalue weighted by atomic mass is 16.4. The van der Waals surface area contributed by atoms with Gasteiger partial charge in [-0.1, -0.05) is 42.0 Å². The first-order valence-corrected chi connectivity index (χ1v) is 8.43. The number of likely N-dealkylation sites (N-methyl/N-ethyl adjacent to an activating group) is 1. The van der Waals surface area contributed by atoms with E-state index >= 15 is 0 Å². The van der Waals surface area contributed by atoms with Crippen molar-refractivity contribution in [3.05, 3.63) is 70.8 Å². The number of nitrogens with zero attached hydrogens (tertiary/aromatic N) is 1. The maximum absolute atomic E-state index is 12.1. The molecular weight excluding hydrogens is 330 g/mol. The summed E-state index contributed by atoms with van der Waals surface area (Å²) in [6.45, 7) is 2.87. The van der Waals surface area contributed by atoms with Gasteiger partial charge in [0.1, 0.15) is 0 Å². The largest absolute Gasteiger partial charge is 0.478 e. The van der Waals surface area contributed by atoms with Crippen LogP contribution in [0, 0.1) is 6.92 Å². The number of benzene rings is 2. The van der Waals surface area contributed by atoms with Crippen molar-refractivity contribution >= 4 is 12.0 Å². The first kappa shape index (κ1) is 19.5. The first-order chi connectivity index (χ1) is 12.4. The molecule has 2 aromatic carbocycles. The highest BCUT2D eigenvalue weighted by molar-refractivity contribution is 5.87. The number of carbonyl (C=O) groups is 2. The minimum absolute atomic E-state index is 0.0798. The second-order valence-corrected chi connectivity index (χ2v) is 6.46. The van der Waals surface area contributed by atoms with Gasteiger partial charge in [0.25, 0.3) is 0 Å². The average molecular weight is 355 g/mol. The van der Waals surface area contributed by atoms with Gasteiger partial charge in [-0.25, -0.2) is 9.59 Å². The lowest BCUT2D eigenvalue weighted by atomic mass is 10.0. The van der Waals surface area contributed by atoms with Gasteiger partial charge in [-0.3, -0.25) is 0 Å². The third-order valence-corrected chi connectivity index (χ3v) is 4.20. The quantitative estimate of drug-likeness (QED) is 0.713. The Kier molecular flexibility index (Phi) is 6.74. The summed E-state index contributed by atoms with van der Waals surface area (Å²) in [5.41, 5.74) is 3.41. The van der Waals surface area contributed by atoms with Crippen molar-refractivity contribution in [1.82, 2.24) is 15.5 Å². The molecule has 138 valence electrons. The van der Waals surface area contributed by atoms with E-state index in [4.69, 9.17) is 5.11 Å². The van der Waals surface area contributed by atoms with Crippen LogP contribution in [0.5, 0.6) is 0 Å². The monoisotopic (exact) mass is 355 g/mol. The highest BCUT2D eigenvalue weighted by Crippen LogP contribution is 2.17. The van der Waals surface area contributed by atoms with Crippen LogP contribution in [-0.4, -0.2) is 42.6 Å². The fraction of sp³-hybridized carbons (Fsp3) is 0.300. The number of amides is 2. The molecule has 0 aromatic heterocycles. The van der Waals surface area contributed by atoms with Crippen LogP contribution in [0.2, 0.25) is 0 Å². The lowest BCUT2D eigenvalue weighted by Crippen LogP contribution is -2.40. The molecule has 0 saturated carbocycles. The van der Waals surface area contributed by atoms with E-state index in [0.29, 0.717) is 13.1 Å². The van der Waals surface area contributed by atoms with Crippen LogP contribution in [0.3, 0.4) is 0 Å². The van der Waals surface area contributed by atoms with Crippen LogP contribution in [0.4, 0.5) is 4.79 Å². The van der Waals surface area contributed by atoms with Crippen molar-refractivity contribution in [2.24, 2.45) is 0 Å². The fourth-order valence-electron chi connectivity index (χ4n) is 2.59. The van der Waals surface area contributed by atoms with Gasteiger partial charge >= 0.3 is 12.0 Å². The van der Waals surface area contributed by atoms with Crippen LogP contribution in [0.15, 0.2) is 48.5 Å². The summed E-state index contributed by atoms with van der Waals surface area (Å²) in [7, 11) is 3.96. The molecule has 0 radical (unpaired) electrons. The smallest absolute Gasteiger partial charge is 0.335 e. The van der Waals surface area contributed by atoms with Crippen molar-refractivity contribution in [2.75, 3.05) is 20.6 Å². The van der Waals surface area contributed by atoms with Gasteiger partial charge in [-0.2, -0.15) is 0 Å². The lowest BCUT2D eigenvalue weighted by Gasteiger charge is -2.25. The fourth-order valence-corrected chi connectivity index (χ4v) is 2.59. The number of urea groups is 1. The minimum Gasteiger partial charge on any atom is -0.478 e. The molecule has 0 fully saturated rings. The SMILES string of the molecule is Cc1ccc(C(CNC(=O)NCc2ccc(C(=O)O)cc2)N(C)C)cc1. The summed E-state index contributed by atoms with van der Waals surface area (Å²) in [5.74, 6) is -0.965. The van der Waals surface area contributed by atoms with E-state index in [0.717, 1.165) is 11.1 Å². The molecule has 6 heteroatoms. The molecule has 1 atom stereocenters. The average Bonchev–Trinajstić information content (AvgIpc) is 2.61. The third-order valence-electron chi connectivity index (χ3n) is 4.20. The molecule has 2 aromatic rings. The Balaban J connectivity index is 1.86. The Labute approximate surface area is 153 Å². The number of carboxylic acids is 1. The molecule has 1 unspecified atom stereocenters. The number of hydrogen-bond acceptors (Lipinski definition) is 3. The van der Waals surface area contributed by atoms with Gasteiger partial charge in [-0.15, -0.1) is 0 Å². The Bertz CT molecular complexity index is 740. The summed E-state index contributed by atoms with van der Waals surface area (Å²) in [5, 5.41) is 14.6. The van der Waals surface area contributed by atoms with Crippen molar-refractivity contribution in [1.29, 1.82) is 0 Å². The number of hydrogen-bond donors (Lipinski definition) is 3. The van der Waals surface area contributed by atoms with E-state index in [1.54, 1.807) is 12.1 Å². The van der Waals surface area contributed by atoms with Crippen molar-refractivity contribution in [3.63, 3.8) is 0 Å². The summed E-state index contributed by atoms with van der Waals surface area (Å²) in [6, 6.07) is 14.5. The standard InChI is InChI=1S/C20H25N3O3/c1-14-4-8-16(9-5-14)18(23(2)3)13-22-20(26)21-12-15-6-10-17(11-7-15)19(24)25/h4-11,18H,12-13H2,1-3H3,(H,24,25)(H2,21,22,26). The number of aromatic carboxylic acids is 1. The second kappa shape index (κ2) is 9.01. The molecule has 0 bridgehead atoms. The molecule has 6 nitrogen and oxygen atoms in total. The predicted octanol–water partition coefficient (Wildman–Crippen LogP) is 2.80. The van der Waals surface area contributed by atoms with Gasteiger partial charge < -0.3 is 20.6 Å². The Morgan fingerprint density at radius 2 is 1.62 bits per heavy atom. The van der Waals surface area contributed by atoms with Gasteiger partial charge in [-0.05, 0) is 44.3 Å². The lowest BCUT2D eigenvalue weighted by molar-refractivity contribution is 0.0697. The minimum atomic E-state index is -0.965. The van der Waals surface area contributed by atoms with Crippen LogP contribution < -0.4 is 10.6 Å². The Hall–Kier alpha value is -2.86. The maximum Gasteiger partial charge on any atom is 0.335 e. The summed E-state index contributed by atoms with van der Waals surface area (Å²) < 4.78 is 0. The van der Waals surface area contributed by atoms with Crippen LogP contribution in [-0.2, 0) is 6.54 Å². The zero-order chi connectivity index (χ0) is 19.1. The molecule has 0 aliphatic rings. The number of nitrogens with one attached hydrogen (secondary N) is 2. The van der Waals surface area contributed by atoms with E-state index in [-0.39, 0.29) is 17.6 Å². The van der Waals surface area contributed by atoms with Gasteiger partial charge in [0.15, 0.2) is 0 Å². The molecule has 0 saturated heterocycles. The number of rotatable bonds is 7. The molecule has 2 rings (SSSR count). The Morgan fingerprint density at radius 3 is 2.15 bits per heavy atom. The van der Waals surface area contributed by atoms with E-state index in [2.05, 4.69) is 39.8 Å². The van der Waals surface area contributed by atoms with Crippen molar-refractivity contribution in [2.45, 2.75) is 19.5 Å². The maximum atomic E-state index is 12.1. The summed E-state index contributed by atoms with van der Waals surface area (Å²) >= 11 is 0. The van der Waals surface area contributed by atoms with Crippen molar-refractivity contribution in [3.8, 4) is 0 Å². The van der Waals surface area contributed by atoms with Crippen molar-refractivity contribution < 1.29 is 14.7 Å². The van der Waals surface area contributed by atoms with Gasteiger partial charge in [0, 0.05) is 13.1 Å². The van der Waals surface area contributed by atoms with E-state index < -0.39 is 5.97 Å². The summed E-state index contributed by atoms with van der Waals surface area (Å²) in [4.78, 5) is 25.0. The predicted molar refractivity (Wildman–Crippen MR) is 101 cm³/mol. The zero-order valence-electron chi connectivity index (χ0n) is 15.3. The van der Waals surface area contributed by atoms with E-state index in [9.17, 15) is 9.59 Å².